The summed E-state index contributed by atoms with van der Waals surface area (Å²) in [4.78, 5) is -0.0376. The highest BCUT2D eigenvalue weighted by molar-refractivity contribution is 7.89. The van der Waals surface area contributed by atoms with Gasteiger partial charge in [-0.15, -0.1) is 0 Å². The first-order valence-electron chi connectivity index (χ1n) is 7.16. The molecule has 0 unspecified atom stereocenters. The van der Waals surface area contributed by atoms with Crippen LogP contribution in [0.25, 0.3) is 0 Å². The zero-order chi connectivity index (χ0) is 16.2. The second kappa shape index (κ2) is 7.18. The standard InChI is InChI=1S/C15H19FN2O3S/c1-12-3-4-14(16)9-15(12)22(19,20)18(7-2-6-17)10-13-5-8-21-11-13/h3-4,9,13H,2,5,7-8,10-11H2,1H3/t13-/m1/s1. The van der Waals surface area contributed by atoms with Gasteiger partial charge in [-0.2, -0.15) is 9.57 Å². The van der Waals surface area contributed by atoms with Crippen LogP contribution in [0.2, 0.25) is 0 Å². The number of hydrogen-bond acceptors (Lipinski definition) is 4. The van der Waals surface area contributed by atoms with Crippen molar-refractivity contribution in [2.75, 3.05) is 26.3 Å². The Kier molecular flexibility index (Phi) is 5.51. The smallest absolute Gasteiger partial charge is 0.243 e. The van der Waals surface area contributed by atoms with Gasteiger partial charge >= 0.3 is 0 Å². The maximum absolute atomic E-state index is 13.4. The number of aryl methyl sites for hydroxylation is 1. The average molecular weight is 326 g/mol. The molecular formula is C15H19FN2O3S. The molecule has 22 heavy (non-hydrogen) atoms. The fraction of sp³-hybridized carbons (Fsp3) is 0.533. The van der Waals surface area contributed by atoms with E-state index in [0.717, 1.165) is 12.5 Å². The summed E-state index contributed by atoms with van der Waals surface area (Å²) in [5.41, 5.74) is 0.492. The summed E-state index contributed by atoms with van der Waals surface area (Å²) in [6.45, 7) is 3.16. The van der Waals surface area contributed by atoms with Crippen LogP contribution in [0.4, 0.5) is 4.39 Å². The first-order valence-corrected chi connectivity index (χ1v) is 8.60. The van der Waals surface area contributed by atoms with E-state index in [9.17, 15) is 12.8 Å². The van der Waals surface area contributed by atoms with Crippen molar-refractivity contribution < 1.29 is 17.5 Å². The first-order chi connectivity index (χ1) is 10.4. The zero-order valence-electron chi connectivity index (χ0n) is 12.5. The van der Waals surface area contributed by atoms with Crippen LogP contribution in [0.5, 0.6) is 0 Å². The molecule has 0 N–H and O–H groups in total. The minimum Gasteiger partial charge on any atom is -0.381 e. The van der Waals surface area contributed by atoms with Gasteiger partial charge in [0, 0.05) is 26.1 Å². The van der Waals surface area contributed by atoms with Crippen LogP contribution in [-0.2, 0) is 14.8 Å². The molecule has 0 saturated carbocycles. The van der Waals surface area contributed by atoms with E-state index in [2.05, 4.69) is 0 Å². The lowest BCUT2D eigenvalue weighted by molar-refractivity contribution is 0.180. The van der Waals surface area contributed by atoms with Crippen LogP contribution >= 0.6 is 0 Å². The Labute approximate surface area is 130 Å². The van der Waals surface area contributed by atoms with Gasteiger partial charge in [-0.1, -0.05) is 6.07 Å². The molecule has 0 amide bonds. The third-order valence-corrected chi connectivity index (χ3v) is 5.73. The van der Waals surface area contributed by atoms with Gasteiger partial charge in [-0.05, 0) is 37.0 Å². The molecule has 0 aliphatic carbocycles. The number of nitrogens with zero attached hydrogens (tertiary/aromatic N) is 2. The molecule has 0 aromatic heterocycles. The van der Waals surface area contributed by atoms with Crippen molar-refractivity contribution in [3.05, 3.63) is 29.6 Å². The number of halogens is 1. The first kappa shape index (κ1) is 16.9. The monoisotopic (exact) mass is 326 g/mol. The number of hydrogen-bond donors (Lipinski definition) is 0. The van der Waals surface area contributed by atoms with Gasteiger partial charge in [0.05, 0.1) is 17.6 Å². The number of sulfonamides is 1. The van der Waals surface area contributed by atoms with E-state index in [-0.39, 0.29) is 23.8 Å². The molecule has 2 rings (SSSR count). The Hall–Kier alpha value is -1.49. The lowest BCUT2D eigenvalue weighted by Crippen LogP contribution is -2.36. The van der Waals surface area contributed by atoms with Crippen molar-refractivity contribution in [2.24, 2.45) is 5.92 Å². The minimum absolute atomic E-state index is 0.0376. The Morgan fingerprint density at radius 2 is 2.27 bits per heavy atom. The molecule has 1 aromatic rings. The van der Waals surface area contributed by atoms with E-state index in [1.54, 1.807) is 6.92 Å². The summed E-state index contributed by atoms with van der Waals surface area (Å²) in [5.74, 6) is -0.476. The molecule has 120 valence electrons. The molecule has 0 bridgehead atoms. The molecule has 0 radical (unpaired) electrons. The van der Waals surface area contributed by atoms with Crippen LogP contribution < -0.4 is 0 Å². The minimum atomic E-state index is -3.83. The van der Waals surface area contributed by atoms with Gasteiger partial charge in [0.1, 0.15) is 5.82 Å². The normalized spacial score (nSPS) is 18.5. The summed E-state index contributed by atoms with van der Waals surface area (Å²) in [6.07, 6.45) is 0.891. The summed E-state index contributed by atoms with van der Waals surface area (Å²) >= 11 is 0. The van der Waals surface area contributed by atoms with E-state index in [0.29, 0.717) is 25.3 Å². The number of rotatable bonds is 6. The fourth-order valence-electron chi connectivity index (χ4n) is 2.49. The summed E-state index contributed by atoms with van der Waals surface area (Å²) < 4.78 is 45.6. The lowest BCUT2D eigenvalue weighted by atomic mass is 10.1. The van der Waals surface area contributed by atoms with Gasteiger partial charge in [0.2, 0.25) is 10.0 Å². The van der Waals surface area contributed by atoms with Crippen LogP contribution in [0.15, 0.2) is 23.1 Å². The summed E-state index contributed by atoms with van der Waals surface area (Å²) in [5, 5.41) is 8.75. The number of ether oxygens (including phenoxy) is 1. The van der Waals surface area contributed by atoms with Crippen molar-refractivity contribution in [2.45, 2.75) is 24.7 Å². The number of benzene rings is 1. The van der Waals surface area contributed by atoms with E-state index in [1.165, 1.54) is 16.4 Å². The van der Waals surface area contributed by atoms with Crippen molar-refractivity contribution in [1.29, 1.82) is 5.26 Å². The molecule has 5 nitrogen and oxygen atoms in total. The maximum atomic E-state index is 13.4. The highest BCUT2D eigenvalue weighted by Crippen LogP contribution is 2.24. The molecular weight excluding hydrogens is 307 g/mol. The molecule has 1 aliphatic rings. The maximum Gasteiger partial charge on any atom is 0.243 e. The van der Waals surface area contributed by atoms with Gasteiger partial charge < -0.3 is 4.74 Å². The molecule has 1 fully saturated rings. The third kappa shape index (κ3) is 3.83. The van der Waals surface area contributed by atoms with E-state index >= 15 is 0 Å². The predicted molar refractivity (Wildman–Crippen MR) is 79.1 cm³/mol. The molecule has 1 saturated heterocycles. The van der Waals surface area contributed by atoms with Crippen LogP contribution in [-0.4, -0.2) is 39.0 Å². The quantitative estimate of drug-likeness (QED) is 0.802. The zero-order valence-corrected chi connectivity index (χ0v) is 13.3. The van der Waals surface area contributed by atoms with Crippen molar-refractivity contribution >= 4 is 10.0 Å². The molecule has 1 aliphatic heterocycles. The Balaban J connectivity index is 2.30. The van der Waals surface area contributed by atoms with Crippen LogP contribution in [0, 0.1) is 30.0 Å². The number of nitriles is 1. The largest absolute Gasteiger partial charge is 0.381 e. The topological polar surface area (TPSA) is 70.4 Å². The highest BCUT2D eigenvalue weighted by atomic mass is 32.2. The van der Waals surface area contributed by atoms with Crippen molar-refractivity contribution in [3.8, 4) is 6.07 Å². The average Bonchev–Trinajstić information content (AvgIpc) is 2.98. The Morgan fingerprint density at radius 1 is 1.50 bits per heavy atom. The molecule has 0 spiro atoms. The summed E-state index contributed by atoms with van der Waals surface area (Å²) in [6, 6.07) is 5.68. The van der Waals surface area contributed by atoms with Crippen LogP contribution in [0.3, 0.4) is 0 Å². The molecule has 7 heteroatoms. The van der Waals surface area contributed by atoms with E-state index in [1.807, 2.05) is 6.07 Å². The summed E-state index contributed by atoms with van der Waals surface area (Å²) in [7, 11) is -3.83. The third-order valence-electron chi connectivity index (χ3n) is 3.73. The Bertz CT molecular complexity index is 664. The van der Waals surface area contributed by atoms with Gasteiger partial charge in [0.15, 0.2) is 0 Å². The van der Waals surface area contributed by atoms with E-state index < -0.39 is 15.8 Å². The molecule has 1 atom stereocenters. The van der Waals surface area contributed by atoms with Crippen molar-refractivity contribution in [1.82, 2.24) is 4.31 Å². The van der Waals surface area contributed by atoms with Crippen LogP contribution in [0.1, 0.15) is 18.4 Å². The van der Waals surface area contributed by atoms with Gasteiger partial charge in [-0.25, -0.2) is 12.8 Å². The second-order valence-corrected chi connectivity index (χ2v) is 7.32. The molecule has 1 aromatic carbocycles. The second-order valence-electron chi connectivity index (χ2n) is 5.41. The fourth-order valence-corrected chi connectivity index (χ4v) is 4.24. The van der Waals surface area contributed by atoms with E-state index in [4.69, 9.17) is 10.00 Å². The highest BCUT2D eigenvalue weighted by Gasteiger charge is 2.30. The molecule has 1 heterocycles. The Morgan fingerprint density at radius 3 is 2.91 bits per heavy atom. The van der Waals surface area contributed by atoms with Crippen molar-refractivity contribution in [3.63, 3.8) is 0 Å². The SMILES string of the molecule is Cc1ccc(F)cc1S(=O)(=O)N(CCC#N)C[C@H]1CCOC1. The predicted octanol–water partition coefficient (Wildman–Crippen LogP) is 2.08. The van der Waals surface area contributed by atoms with Gasteiger partial charge in [0.25, 0.3) is 0 Å². The van der Waals surface area contributed by atoms with Gasteiger partial charge in [-0.3, -0.25) is 0 Å². The lowest BCUT2D eigenvalue weighted by Gasteiger charge is -2.24.